The Hall–Kier alpha value is -1.30. The molecule has 0 fully saturated rings. The van der Waals surface area contributed by atoms with Crippen LogP contribution in [-0.4, -0.2) is 55.2 Å². The number of rotatable bonds is 7. The molecule has 0 aliphatic carbocycles. The van der Waals surface area contributed by atoms with Gasteiger partial charge in [-0.1, -0.05) is 6.92 Å². The van der Waals surface area contributed by atoms with Crippen molar-refractivity contribution in [2.24, 2.45) is 5.92 Å². The van der Waals surface area contributed by atoms with Crippen LogP contribution in [0, 0.1) is 5.92 Å². The van der Waals surface area contributed by atoms with Gasteiger partial charge in [0, 0.05) is 19.1 Å². The smallest absolute Gasteiger partial charge is 0.315 e. The summed E-state index contributed by atoms with van der Waals surface area (Å²) in [5, 5.41) is 14.1. The topological polar surface area (TPSA) is 81.7 Å². The number of carbonyl (C=O) groups is 2. The molecule has 0 aliphatic heterocycles. The first-order valence-corrected chi connectivity index (χ1v) is 5.74. The van der Waals surface area contributed by atoms with E-state index in [1.165, 1.54) is 0 Å². The van der Waals surface area contributed by atoms with Gasteiger partial charge >= 0.3 is 12.0 Å². The first-order chi connectivity index (χ1) is 7.82. The standard InChI is InChI=1S/C11H23N3O3/c1-8(10(15)16)5-6-12-11(17)13-9(2)7-14(3)4/h8-9H,5-7H2,1-4H3,(H,15,16)(H2,12,13,17). The van der Waals surface area contributed by atoms with Crippen molar-refractivity contribution in [3.05, 3.63) is 0 Å². The summed E-state index contributed by atoms with van der Waals surface area (Å²) in [5.74, 6) is -1.28. The molecule has 2 amide bonds. The van der Waals surface area contributed by atoms with E-state index in [1.807, 2.05) is 25.9 Å². The van der Waals surface area contributed by atoms with Gasteiger partial charge in [-0.15, -0.1) is 0 Å². The maximum atomic E-state index is 11.4. The third-order valence-corrected chi connectivity index (χ3v) is 2.30. The number of nitrogens with one attached hydrogen (secondary N) is 2. The van der Waals surface area contributed by atoms with Crippen molar-refractivity contribution in [2.45, 2.75) is 26.3 Å². The third-order valence-electron chi connectivity index (χ3n) is 2.30. The fourth-order valence-electron chi connectivity index (χ4n) is 1.39. The predicted octanol–water partition coefficient (Wildman–Crippen LogP) is 0.347. The van der Waals surface area contributed by atoms with Crippen LogP contribution < -0.4 is 10.6 Å². The molecule has 3 N–H and O–H groups in total. The Morgan fingerprint density at radius 1 is 1.29 bits per heavy atom. The van der Waals surface area contributed by atoms with E-state index in [0.29, 0.717) is 13.0 Å². The molecule has 0 aromatic rings. The van der Waals surface area contributed by atoms with E-state index in [4.69, 9.17) is 5.11 Å². The van der Waals surface area contributed by atoms with Crippen molar-refractivity contribution in [1.82, 2.24) is 15.5 Å². The molecule has 17 heavy (non-hydrogen) atoms. The fourth-order valence-corrected chi connectivity index (χ4v) is 1.39. The fraction of sp³-hybridized carbons (Fsp3) is 0.818. The summed E-state index contributed by atoms with van der Waals surface area (Å²) in [6.45, 7) is 4.67. The van der Waals surface area contributed by atoms with Crippen LogP contribution in [0.4, 0.5) is 4.79 Å². The second-order valence-corrected chi connectivity index (χ2v) is 4.59. The number of aliphatic carboxylic acids is 1. The molecular formula is C11H23N3O3. The van der Waals surface area contributed by atoms with Crippen LogP contribution in [0.25, 0.3) is 0 Å². The molecule has 6 nitrogen and oxygen atoms in total. The van der Waals surface area contributed by atoms with Crippen molar-refractivity contribution in [3.63, 3.8) is 0 Å². The molecule has 0 aromatic heterocycles. The molecule has 0 saturated heterocycles. The van der Waals surface area contributed by atoms with Crippen molar-refractivity contribution < 1.29 is 14.7 Å². The van der Waals surface area contributed by atoms with E-state index in [9.17, 15) is 9.59 Å². The minimum absolute atomic E-state index is 0.0573. The maximum absolute atomic E-state index is 11.4. The van der Waals surface area contributed by atoms with Crippen molar-refractivity contribution in [1.29, 1.82) is 0 Å². The summed E-state index contributed by atoms with van der Waals surface area (Å²) < 4.78 is 0. The first-order valence-electron chi connectivity index (χ1n) is 5.74. The van der Waals surface area contributed by atoms with Crippen LogP contribution in [0.3, 0.4) is 0 Å². The number of hydrogen-bond acceptors (Lipinski definition) is 3. The Kier molecular flexibility index (Phi) is 7.29. The molecule has 2 atom stereocenters. The van der Waals surface area contributed by atoms with Crippen molar-refractivity contribution >= 4 is 12.0 Å². The molecular weight excluding hydrogens is 222 g/mol. The molecule has 0 rings (SSSR count). The molecule has 6 heteroatoms. The van der Waals surface area contributed by atoms with Gasteiger partial charge in [0.1, 0.15) is 0 Å². The van der Waals surface area contributed by atoms with E-state index in [1.54, 1.807) is 6.92 Å². The lowest BCUT2D eigenvalue weighted by Gasteiger charge is -2.18. The summed E-state index contributed by atoms with van der Waals surface area (Å²) in [6, 6.07) is -0.196. The number of carboxylic acids is 1. The Morgan fingerprint density at radius 2 is 1.88 bits per heavy atom. The van der Waals surface area contributed by atoms with Gasteiger partial charge in [0.2, 0.25) is 0 Å². The van der Waals surface area contributed by atoms with Gasteiger partial charge in [0.25, 0.3) is 0 Å². The zero-order valence-electron chi connectivity index (χ0n) is 11.0. The van der Waals surface area contributed by atoms with E-state index in [-0.39, 0.29) is 12.1 Å². The number of hydrogen-bond donors (Lipinski definition) is 3. The predicted molar refractivity (Wildman–Crippen MR) is 66.0 cm³/mol. The van der Waals surface area contributed by atoms with Crippen LogP contribution >= 0.6 is 0 Å². The molecule has 0 saturated carbocycles. The quantitative estimate of drug-likeness (QED) is 0.604. The summed E-state index contributed by atoms with van der Waals surface area (Å²) in [4.78, 5) is 23.9. The first kappa shape index (κ1) is 15.7. The summed E-state index contributed by atoms with van der Waals surface area (Å²) in [5.41, 5.74) is 0. The highest BCUT2D eigenvalue weighted by atomic mass is 16.4. The van der Waals surface area contributed by atoms with Gasteiger partial charge in [-0.2, -0.15) is 0 Å². The Labute approximate surface area is 102 Å². The van der Waals surface area contributed by atoms with Gasteiger partial charge in [-0.05, 0) is 27.4 Å². The Bertz CT molecular complexity index is 256. The summed E-state index contributed by atoms with van der Waals surface area (Å²) in [6.07, 6.45) is 0.435. The van der Waals surface area contributed by atoms with Crippen LogP contribution in [0.1, 0.15) is 20.3 Å². The minimum Gasteiger partial charge on any atom is -0.481 e. The molecule has 0 heterocycles. The highest BCUT2D eigenvalue weighted by Crippen LogP contribution is 1.99. The molecule has 2 unspecified atom stereocenters. The lowest BCUT2D eigenvalue weighted by atomic mass is 10.1. The van der Waals surface area contributed by atoms with E-state index in [2.05, 4.69) is 10.6 Å². The number of carbonyl (C=O) groups excluding carboxylic acids is 1. The van der Waals surface area contributed by atoms with Gasteiger partial charge in [0.15, 0.2) is 0 Å². The second-order valence-electron chi connectivity index (χ2n) is 4.59. The van der Waals surface area contributed by atoms with Gasteiger partial charge in [-0.25, -0.2) is 4.79 Å². The molecule has 0 spiro atoms. The lowest BCUT2D eigenvalue weighted by molar-refractivity contribution is -0.141. The van der Waals surface area contributed by atoms with Crippen LogP contribution in [0.15, 0.2) is 0 Å². The number of amides is 2. The van der Waals surface area contributed by atoms with Gasteiger partial charge in [-0.3, -0.25) is 4.79 Å². The van der Waals surface area contributed by atoms with Gasteiger partial charge < -0.3 is 20.6 Å². The largest absolute Gasteiger partial charge is 0.481 e. The number of urea groups is 1. The molecule has 0 aromatic carbocycles. The Balaban J connectivity index is 3.69. The zero-order chi connectivity index (χ0) is 13.4. The molecule has 0 radical (unpaired) electrons. The average Bonchev–Trinajstić information content (AvgIpc) is 2.15. The summed E-state index contributed by atoms with van der Waals surface area (Å²) in [7, 11) is 3.87. The average molecular weight is 245 g/mol. The third kappa shape index (κ3) is 8.50. The van der Waals surface area contributed by atoms with Crippen LogP contribution in [0.5, 0.6) is 0 Å². The number of carboxylic acid groups (broad SMARTS) is 1. The monoisotopic (exact) mass is 245 g/mol. The maximum Gasteiger partial charge on any atom is 0.315 e. The zero-order valence-corrected chi connectivity index (χ0v) is 11.0. The molecule has 100 valence electrons. The molecule has 0 bridgehead atoms. The Morgan fingerprint density at radius 3 is 2.35 bits per heavy atom. The van der Waals surface area contributed by atoms with Crippen molar-refractivity contribution in [3.8, 4) is 0 Å². The van der Waals surface area contributed by atoms with Gasteiger partial charge in [0.05, 0.1) is 5.92 Å². The number of nitrogens with zero attached hydrogens (tertiary/aromatic N) is 1. The second kappa shape index (κ2) is 7.89. The van der Waals surface area contributed by atoms with Crippen LogP contribution in [0.2, 0.25) is 0 Å². The summed E-state index contributed by atoms with van der Waals surface area (Å²) >= 11 is 0. The van der Waals surface area contributed by atoms with Crippen LogP contribution in [-0.2, 0) is 4.79 Å². The molecule has 0 aliphatic rings. The minimum atomic E-state index is -0.840. The SMILES string of the molecule is CC(CN(C)C)NC(=O)NCCC(C)C(=O)O. The van der Waals surface area contributed by atoms with Crippen molar-refractivity contribution in [2.75, 3.05) is 27.2 Å². The number of likely N-dealkylation sites (N-methyl/N-ethyl adjacent to an activating group) is 1. The normalized spacial score (nSPS) is 14.2. The highest BCUT2D eigenvalue weighted by Gasteiger charge is 2.11. The van der Waals surface area contributed by atoms with E-state index < -0.39 is 11.9 Å². The van der Waals surface area contributed by atoms with E-state index in [0.717, 1.165) is 6.54 Å². The lowest BCUT2D eigenvalue weighted by Crippen LogP contribution is -2.45. The van der Waals surface area contributed by atoms with E-state index >= 15 is 0 Å². The highest BCUT2D eigenvalue weighted by molar-refractivity contribution is 5.74.